The minimum atomic E-state index is -4.23. The molecular weight excluding hydrogens is 189 g/mol. The smallest absolute Gasteiger partial charge is 0.382 e. The maximum Gasteiger partial charge on any atom is 0.546 e. The molecule has 6 heteroatoms. The van der Waals surface area contributed by atoms with Crippen LogP contribution in [0.1, 0.15) is 6.92 Å². The summed E-state index contributed by atoms with van der Waals surface area (Å²) in [5, 5.41) is 0. The molecule has 0 amide bonds. The van der Waals surface area contributed by atoms with Crippen molar-refractivity contribution in [1.82, 2.24) is 0 Å². The Morgan fingerprint density at radius 3 is 2.75 bits per heavy atom. The molecule has 72 valence electrons. The van der Waals surface area contributed by atoms with E-state index in [1.54, 1.807) is 6.92 Å². The van der Waals surface area contributed by atoms with E-state index in [1.165, 1.54) is 7.11 Å². The first-order chi connectivity index (χ1) is 5.55. The van der Waals surface area contributed by atoms with Crippen molar-refractivity contribution in [1.29, 1.82) is 0 Å². The molecule has 0 radical (unpaired) electrons. The topological polar surface area (TPSA) is 27.7 Å². The van der Waals surface area contributed by atoms with Gasteiger partial charge in [0.25, 0.3) is 6.35 Å². The number of halogens is 2. The quantitative estimate of drug-likeness (QED) is 0.640. The van der Waals surface area contributed by atoms with Crippen molar-refractivity contribution in [3.8, 4) is 0 Å². The normalized spacial score (nSPS) is 35.0. The molecule has 0 spiro atoms. The van der Waals surface area contributed by atoms with Gasteiger partial charge in [-0.15, -0.1) is 0 Å². The molecule has 3 nitrogen and oxygen atoms in total. The Bertz CT molecular complexity index is 156. The summed E-state index contributed by atoms with van der Waals surface area (Å²) in [7, 11) is -2.73. The number of hydrogen-bond donors (Lipinski definition) is 0. The molecule has 0 saturated carbocycles. The van der Waals surface area contributed by atoms with Crippen molar-refractivity contribution in [3.05, 3.63) is 0 Å². The lowest BCUT2D eigenvalue weighted by molar-refractivity contribution is -0.0726. The van der Waals surface area contributed by atoms with Gasteiger partial charge in [0.1, 0.15) is 12.2 Å². The Morgan fingerprint density at radius 2 is 2.25 bits per heavy atom. The lowest BCUT2D eigenvalue weighted by atomic mass is 10.2. The Hall–Kier alpha value is 0.170. The third kappa shape index (κ3) is 2.59. The Morgan fingerprint density at radius 1 is 1.58 bits per heavy atom. The van der Waals surface area contributed by atoms with Crippen molar-refractivity contribution in [2.45, 2.75) is 19.1 Å². The van der Waals surface area contributed by atoms with E-state index in [2.05, 4.69) is 4.52 Å². The molecule has 0 aromatic carbocycles. The van der Waals surface area contributed by atoms with Gasteiger partial charge in [0.15, 0.2) is 0 Å². The predicted molar refractivity (Wildman–Crippen MR) is 41.3 cm³/mol. The van der Waals surface area contributed by atoms with Crippen LogP contribution in [0.15, 0.2) is 0 Å². The molecule has 0 bridgehead atoms. The number of rotatable bonds is 2. The Labute approximate surface area is 70.6 Å². The molecule has 1 saturated heterocycles. The van der Waals surface area contributed by atoms with E-state index in [0.29, 0.717) is 6.61 Å². The molecule has 2 atom stereocenters. The predicted octanol–water partition coefficient (Wildman–Crippen LogP) is 2.10. The highest BCUT2D eigenvalue weighted by Gasteiger charge is 2.52. The van der Waals surface area contributed by atoms with E-state index in [1.807, 2.05) is 0 Å². The van der Waals surface area contributed by atoms with Crippen LogP contribution in [0.4, 0.5) is 8.39 Å². The zero-order valence-electron chi connectivity index (χ0n) is 7.00. The third-order valence-electron chi connectivity index (χ3n) is 1.61. The summed E-state index contributed by atoms with van der Waals surface area (Å²) in [5.41, 5.74) is 0. The molecule has 1 fully saturated rings. The van der Waals surface area contributed by atoms with Gasteiger partial charge >= 0.3 is 8.11 Å². The summed E-state index contributed by atoms with van der Waals surface area (Å²) >= 11 is 0. The lowest BCUT2D eigenvalue weighted by Gasteiger charge is -2.26. The van der Waals surface area contributed by atoms with Gasteiger partial charge in [-0.2, -0.15) is 4.52 Å². The highest BCUT2D eigenvalue weighted by atomic mass is 31.3. The fraction of sp³-hybridized carbons (Fsp3) is 1.00. The van der Waals surface area contributed by atoms with Gasteiger partial charge < -0.3 is 9.47 Å². The minimum absolute atomic E-state index is 0.293. The van der Waals surface area contributed by atoms with Crippen molar-refractivity contribution in [2.24, 2.45) is 0 Å². The maximum absolute atomic E-state index is 12.6. The third-order valence-corrected chi connectivity index (χ3v) is 2.70. The maximum atomic E-state index is 12.6. The van der Waals surface area contributed by atoms with Crippen LogP contribution in [0.3, 0.4) is 0 Å². The van der Waals surface area contributed by atoms with Crippen LogP contribution in [0.2, 0.25) is 0 Å². The van der Waals surface area contributed by atoms with Gasteiger partial charge in [0, 0.05) is 15.5 Å². The number of hydrogen-bond acceptors (Lipinski definition) is 3. The van der Waals surface area contributed by atoms with Gasteiger partial charge in [-0.3, -0.25) is 0 Å². The van der Waals surface area contributed by atoms with Crippen LogP contribution < -0.4 is 0 Å². The minimum Gasteiger partial charge on any atom is -0.382 e. The van der Waals surface area contributed by atoms with Gasteiger partial charge in [-0.25, -0.2) is 0 Å². The molecule has 0 aromatic heterocycles. The molecular formula is C6H12F2O3P+. The van der Waals surface area contributed by atoms with Crippen LogP contribution in [0, 0.1) is 0 Å². The van der Waals surface area contributed by atoms with Crippen molar-refractivity contribution in [3.63, 3.8) is 0 Å². The highest BCUT2D eigenvalue weighted by Crippen LogP contribution is 2.66. The van der Waals surface area contributed by atoms with E-state index >= 15 is 0 Å². The molecule has 1 aliphatic heterocycles. The SMILES string of the molecule is COCC1OC[P+](F)(F)OC1C. The lowest BCUT2D eigenvalue weighted by Crippen LogP contribution is -2.37. The van der Waals surface area contributed by atoms with E-state index < -0.39 is 20.6 Å². The van der Waals surface area contributed by atoms with Crippen LogP contribution in [-0.4, -0.2) is 32.3 Å². The van der Waals surface area contributed by atoms with Crippen molar-refractivity contribution >= 4 is 8.11 Å². The summed E-state index contributed by atoms with van der Waals surface area (Å²) in [4.78, 5) is 0. The van der Waals surface area contributed by atoms with E-state index in [0.717, 1.165) is 0 Å². The first-order valence-corrected chi connectivity index (χ1v) is 5.29. The molecule has 12 heavy (non-hydrogen) atoms. The molecule has 2 unspecified atom stereocenters. The zero-order valence-corrected chi connectivity index (χ0v) is 7.89. The van der Waals surface area contributed by atoms with Gasteiger partial charge in [0.2, 0.25) is 0 Å². The summed E-state index contributed by atoms with van der Waals surface area (Å²) in [6, 6.07) is 0. The second-order valence-corrected chi connectivity index (χ2v) is 4.28. The first kappa shape index (κ1) is 10.3. The molecule has 0 aliphatic carbocycles. The second-order valence-electron chi connectivity index (χ2n) is 2.67. The van der Waals surface area contributed by atoms with Crippen LogP contribution in [0.25, 0.3) is 0 Å². The fourth-order valence-electron chi connectivity index (χ4n) is 1.01. The van der Waals surface area contributed by atoms with E-state index in [4.69, 9.17) is 9.47 Å². The van der Waals surface area contributed by atoms with Crippen LogP contribution >= 0.6 is 8.11 Å². The van der Waals surface area contributed by atoms with Crippen LogP contribution in [-0.2, 0) is 14.0 Å². The van der Waals surface area contributed by atoms with Crippen LogP contribution in [0.5, 0.6) is 0 Å². The van der Waals surface area contributed by atoms with Gasteiger partial charge in [-0.1, -0.05) is 0 Å². The van der Waals surface area contributed by atoms with Crippen molar-refractivity contribution < 1.29 is 22.4 Å². The highest BCUT2D eigenvalue weighted by molar-refractivity contribution is 7.60. The average Bonchev–Trinajstić information content (AvgIpc) is 1.94. The fourth-order valence-corrected chi connectivity index (χ4v) is 2.06. The molecule has 1 rings (SSSR count). The Kier molecular flexibility index (Phi) is 3.35. The Balaban J connectivity index is 2.42. The summed E-state index contributed by atoms with van der Waals surface area (Å²) in [6.45, 7) is 1.86. The molecule has 1 aliphatic rings. The second kappa shape index (κ2) is 3.92. The summed E-state index contributed by atoms with van der Waals surface area (Å²) in [5.74, 6) is 0. The first-order valence-electron chi connectivity index (χ1n) is 3.61. The van der Waals surface area contributed by atoms with Gasteiger partial charge in [-0.05, 0) is 6.92 Å². The largest absolute Gasteiger partial charge is 0.546 e. The standard InChI is InChI=1S/C6H12F2O3P/c1-5-6(3-9-2)10-4-12(7,8)11-5/h5-6H,3-4H2,1-2H3/q+1. The zero-order chi connectivity index (χ0) is 9.19. The molecule has 0 aromatic rings. The number of ether oxygens (including phenoxy) is 2. The summed E-state index contributed by atoms with van der Waals surface area (Å²) < 4.78 is 39.4. The average molecular weight is 201 g/mol. The number of methoxy groups -OCH3 is 1. The van der Waals surface area contributed by atoms with E-state index in [-0.39, 0.29) is 6.10 Å². The van der Waals surface area contributed by atoms with E-state index in [9.17, 15) is 8.39 Å². The summed E-state index contributed by atoms with van der Waals surface area (Å²) in [6.07, 6.45) is -1.53. The molecule has 0 N–H and O–H groups in total. The molecule has 1 heterocycles. The van der Waals surface area contributed by atoms with Gasteiger partial charge in [0.05, 0.1) is 6.61 Å². The monoisotopic (exact) mass is 201 g/mol. The van der Waals surface area contributed by atoms with Crippen molar-refractivity contribution in [2.75, 3.05) is 20.1 Å².